The van der Waals surface area contributed by atoms with Gasteiger partial charge in [-0.3, -0.25) is 9.63 Å². The average Bonchev–Trinajstić information content (AvgIpc) is 2.65. The minimum Gasteiger partial charge on any atom is -0.486 e. The lowest BCUT2D eigenvalue weighted by Gasteiger charge is -2.55. The molecule has 4 saturated carbocycles. The highest BCUT2D eigenvalue weighted by Gasteiger charge is 2.54. The van der Waals surface area contributed by atoms with Crippen LogP contribution in [-0.4, -0.2) is 37.6 Å². The van der Waals surface area contributed by atoms with Gasteiger partial charge in [0.05, 0.1) is 7.11 Å². The Morgan fingerprint density at radius 3 is 2.15 bits per heavy atom. The van der Waals surface area contributed by atoms with Crippen LogP contribution in [0.15, 0.2) is 24.3 Å². The Labute approximate surface area is 160 Å². The molecule has 0 aromatic heterocycles. The van der Waals surface area contributed by atoms with Crippen molar-refractivity contribution >= 4 is 17.5 Å². The lowest BCUT2D eigenvalue weighted by atomic mass is 9.48. The molecule has 0 aliphatic heterocycles. The third-order valence-corrected chi connectivity index (χ3v) is 6.67. The molecule has 27 heavy (non-hydrogen) atoms. The maximum absolute atomic E-state index is 13.0. The van der Waals surface area contributed by atoms with Gasteiger partial charge in [0.25, 0.3) is 0 Å². The SMILES string of the molecule is CON(C)C(=O)Nc1ccc(OCC(=O)C23CC4CC(CC(C4)C2)C3)cc1. The zero-order valence-corrected chi connectivity index (χ0v) is 16.1. The molecule has 4 fully saturated rings. The zero-order chi connectivity index (χ0) is 19.0. The number of amides is 2. The monoisotopic (exact) mass is 372 g/mol. The van der Waals surface area contributed by atoms with Gasteiger partial charge >= 0.3 is 6.03 Å². The van der Waals surface area contributed by atoms with E-state index in [1.54, 1.807) is 24.3 Å². The lowest BCUT2D eigenvalue weighted by molar-refractivity contribution is -0.145. The highest BCUT2D eigenvalue weighted by Crippen LogP contribution is 2.60. The topological polar surface area (TPSA) is 67.9 Å². The number of rotatable bonds is 6. The van der Waals surface area contributed by atoms with Crippen molar-refractivity contribution in [2.45, 2.75) is 38.5 Å². The number of hydrogen-bond donors (Lipinski definition) is 1. The van der Waals surface area contributed by atoms with Crippen LogP contribution >= 0.6 is 0 Å². The molecule has 0 unspecified atom stereocenters. The van der Waals surface area contributed by atoms with Crippen LogP contribution in [0.25, 0.3) is 0 Å². The van der Waals surface area contributed by atoms with E-state index >= 15 is 0 Å². The number of urea groups is 1. The van der Waals surface area contributed by atoms with Crippen molar-refractivity contribution in [3.05, 3.63) is 24.3 Å². The molecule has 1 N–H and O–H groups in total. The molecule has 6 heteroatoms. The van der Waals surface area contributed by atoms with Crippen molar-refractivity contribution in [2.75, 3.05) is 26.1 Å². The van der Waals surface area contributed by atoms with Crippen molar-refractivity contribution in [1.82, 2.24) is 5.06 Å². The number of Topliss-reactive ketones (excluding diaryl/α,β-unsaturated/α-hetero) is 1. The minimum absolute atomic E-state index is 0.118. The van der Waals surface area contributed by atoms with Gasteiger partial charge in [-0.2, -0.15) is 0 Å². The van der Waals surface area contributed by atoms with Crippen molar-refractivity contribution in [3.8, 4) is 5.75 Å². The van der Waals surface area contributed by atoms with Gasteiger partial charge in [0.2, 0.25) is 0 Å². The number of hydroxylamine groups is 2. The highest BCUT2D eigenvalue weighted by atomic mass is 16.7. The summed E-state index contributed by atoms with van der Waals surface area (Å²) in [5.74, 6) is 3.20. The van der Waals surface area contributed by atoms with Gasteiger partial charge in [0.1, 0.15) is 12.4 Å². The number of ether oxygens (including phenoxy) is 1. The summed E-state index contributed by atoms with van der Waals surface area (Å²) >= 11 is 0. The molecule has 0 radical (unpaired) electrons. The molecule has 0 spiro atoms. The van der Waals surface area contributed by atoms with Crippen LogP contribution in [0.2, 0.25) is 0 Å². The number of anilines is 1. The van der Waals surface area contributed by atoms with Crippen molar-refractivity contribution in [3.63, 3.8) is 0 Å². The maximum atomic E-state index is 13.0. The fraction of sp³-hybridized carbons (Fsp3) is 0.619. The summed E-state index contributed by atoms with van der Waals surface area (Å²) in [6.07, 6.45) is 7.20. The molecule has 0 saturated heterocycles. The molecule has 4 aliphatic carbocycles. The van der Waals surface area contributed by atoms with Gasteiger partial charge in [0, 0.05) is 18.2 Å². The van der Waals surface area contributed by atoms with Gasteiger partial charge in [-0.05, 0) is 80.5 Å². The normalized spacial score (nSPS) is 30.8. The van der Waals surface area contributed by atoms with Crippen LogP contribution in [0.4, 0.5) is 10.5 Å². The first-order valence-corrected chi connectivity index (χ1v) is 9.82. The van der Waals surface area contributed by atoms with E-state index in [2.05, 4.69) is 5.32 Å². The summed E-state index contributed by atoms with van der Waals surface area (Å²) < 4.78 is 5.79. The van der Waals surface area contributed by atoms with Crippen LogP contribution in [0.1, 0.15) is 38.5 Å². The Kier molecular flexibility index (Phi) is 4.84. The second-order valence-electron chi connectivity index (χ2n) is 8.54. The van der Waals surface area contributed by atoms with Gasteiger partial charge in [-0.15, -0.1) is 0 Å². The van der Waals surface area contributed by atoms with Gasteiger partial charge in [0.15, 0.2) is 5.78 Å². The minimum atomic E-state index is -0.358. The van der Waals surface area contributed by atoms with E-state index in [9.17, 15) is 9.59 Å². The number of carbonyl (C=O) groups excluding carboxylic acids is 2. The molecule has 5 rings (SSSR count). The van der Waals surface area contributed by atoms with Crippen LogP contribution in [0.5, 0.6) is 5.75 Å². The molecule has 4 bridgehead atoms. The number of nitrogens with zero attached hydrogens (tertiary/aromatic N) is 1. The van der Waals surface area contributed by atoms with E-state index in [4.69, 9.17) is 9.57 Å². The number of ketones is 1. The Bertz CT molecular complexity index is 680. The van der Waals surface area contributed by atoms with Gasteiger partial charge in [-0.1, -0.05) is 0 Å². The largest absolute Gasteiger partial charge is 0.486 e. The average molecular weight is 372 g/mol. The van der Waals surface area contributed by atoms with Crippen LogP contribution in [0, 0.1) is 23.2 Å². The third kappa shape index (κ3) is 3.68. The summed E-state index contributed by atoms with van der Waals surface area (Å²) in [6, 6.07) is 6.70. The van der Waals surface area contributed by atoms with Crippen molar-refractivity contribution < 1.29 is 19.2 Å². The second-order valence-corrected chi connectivity index (χ2v) is 8.54. The Morgan fingerprint density at radius 1 is 1.07 bits per heavy atom. The molecule has 6 nitrogen and oxygen atoms in total. The molecule has 1 aromatic rings. The van der Waals surface area contributed by atoms with E-state index in [-0.39, 0.29) is 23.8 Å². The van der Waals surface area contributed by atoms with Crippen molar-refractivity contribution in [1.29, 1.82) is 0 Å². The molecule has 1 aromatic carbocycles. The molecule has 0 atom stereocenters. The Hall–Kier alpha value is -2.08. The van der Waals surface area contributed by atoms with Crippen LogP contribution in [0.3, 0.4) is 0 Å². The van der Waals surface area contributed by atoms with Gasteiger partial charge in [-0.25, -0.2) is 9.86 Å². The smallest absolute Gasteiger partial charge is 0.345 e. The summed E-state index contributed by atoms with van der Waals surface area (Å²) in [6.45, 7) is 0.143. The molecular weight excluding hydrogens is 344 g/mol. The number of carbonyl (C=O) groups is 2. The Balaban J connectivity index is 1.32. The second kappa shape index (κ2) is 7.15. The van der Waals surface area contributed by atoms with Crippen LogP contribution in [-0.2, 0) is 9.63 Å². The molecule has 0 heterocycles. The fourth-order valence-electron chi connectivity index (χ4n) is 5.67. The first kappa shape index (κ1) is 18.3. The van der Waals surface area contributed by atoms with E-state index in [1.807, 2.05) is 0 Å². The molecule has 4 aliphatic rings. The van der Waals surface area contributed by atoms with E-state index in [0.717, 1.165) is 42.1 Å². The van der Waals surface area contributed by atoms with E-state index < -0.39 is 0 Å². The number of nitrogens with one attached hydrogen (secondary N) is 1. The van der Waals surface area contributed by atoms with Crippen LogP contribution < -0.4 is 10.1 Å². The van der Waals surface area contributed by atoms with E-state index in [1.165, 1.54) is 33.4 Å². The van der Waals surface area contributed by atoms with E-state index in [0.29, 0.717) is 11.4 Å². The number of benzene rings is 1. The molecule has 146 valence electrons. The standard InChI is InChI=1S/C21H28N2O4/c1-23(26-2)20(25)22-17-3-5-18(6-4-17)27-13-19(24)21-10-14-7-15(11-21)9-16(8-14)12-21/h3-6,14-16H,7-13H2,1-2H3,(H,22,25). The first-order valence-electron chi connectivity index (χ1n) is 9.82. The Morgan fingerprint density at radius 2 is 1.63 bits per heavy atom. The van der Waals surface area contributed by atoms with Crippen molar-refractivity contribution in [2.24, 2.45) is 23.2 Å². The fourth-order valence-corrected chi connectivity index (χ4v) is 5.67. The van der Waals surface area contributed by atoms with Gasteiger partial charge < -0.3 is 10.1 Å². The summed E-state index contributed by atoms with van der Waals surface area (Å²) in [4.78, 5) is 29.6. The lowest BCUT2D eigenvalue weighted by Crippen LogP contribution is -2.51. The number of hydrogen-bond acceptors (Lipinski definition) is 4. The molecular formula is C21H28N2O4. The highest BCUT2D eigenvalue weighted by molar-refractivity contribution is 5.88. The maximum Gasteiger partial charge on any atom is 0.345 e. The molecule has 2 amide bonds. The third-order valence-electron chi connectivity index (χ3n) is 6.67. The summed E-state index contributed by atoms with van der Waals surface area (Å²) in [5.41, 5.74) is 0.525. The predicted octanol–water partition coefficient (Wildman–Crippen LogP) is 3.88. The first-order chi connectivity index (χ1) is 13.0. The summed E-state index contributed by atoms with van der Waals surface area (Å²) in [7, 11) is 2.96. The predicted molar refractivity (Wildman–Crippen MR) is 101 cm³/mol. The quantitative estimate of drug-likeness (QED) is 0.770. The zero-order valence-electron chi connectivity index (χ0n) is 16.1. The summed E-state index contributed by atoms with van der Waals surface area (Å²) in [5, 5.41) is 3.82.